The maximum atomic E-state index is 12.0. The maximum absolute atomic E-state index is 12.0. The molecule has 1 aromatic rings. The number of nitrogens with zero attached hydrogens (tertiary/aromatic N) is 1. The van der Waals surface area contributed by atoms with Crippen LogP contribution in [0.1, 0.15) is 36.7 Å². The number of benzene rings is 1. The van der Waals surface area contributed by atoms with Gasteiger partial charge in [-0.3, -0.25) is 10.1 Å². The monoisotopic (exact) mass is 266 g/mol. The fraction of sp³-hybridized carbons (Fsp3) is 0.462. The molecule has 104 valence electrons. The highest BCUT2D eigenvalue weighted by molar-refractivity contribution is 5.97. The van der Waals surface area contributed by atoms with E-state index >= 15 is 0 Å². The van der Waals surface area contributed by atoms with Crippen LogP contribution in [0.2, 0.25) is 0 Å². The molecular weight excluding hydrogens is 248 g/mol. The first kappa shape index (κ1) is 14.9. The number of nitrogen functional groups attached to an aromatic ring is 1. The lowest BCUT2D eigenvalue weighted by Gasteiger charge is -2.17. The summed E-state index contributed by atoms with van der Waals surface area (Å²) in [7, 11) is 0. The number of nitro benzene ring substituents is 1. The van der Waals surface area contributed by atoms with Gasteiger partial charge < -0.3 is 10.5 Å². The van der Waals surface area contributed by atoms with E-state index < -0.39 is 10.9 Å². The number of hydrogen-bond acceptors (Lipinski definition) is 5. The zero-order chi connectivity index (χ0) is 14.7. The molecule has 0 aliphatic rings. The molecule has 0 aliphatic heterocycles. The van der Waals surface area contributed by atoms with E-state index in [4.69, 9.17) is 10.5 Å². The van der Waals surface area contributed by atoms with Gasteiger partial charge in [-0.15, -0.1) is 0 Å². The van der Waals surface area contributed by atoms with Gasteiger partial charge in [0.05, 0.1) is 10.5 Å². The number of ether oxygens (including phenoxy) is 1. The molecule has 0 fully saturated rings. The predicted octanol–water partition coefficient (Wildman–Crippen LogP) is 2.69. The van der Waals surface area contributed by atoms with Crippen LogP contribution in [0.15, 0.2) is 12.1 Å². The van der Waals surface area contributed by atoms with Gasteiger partial charge in [0.25, 0.3) is 5.69 Å². The third-order valence-electron chi connectivity index (χ3n) is 2.95. The van der Waals surface area contributed by atoms with Crippen molar-refractivity contribution in [3.05, 3.63) is 33.4 Å². The van der Waals surface area contributed by atoms with Crippen LogP contribution in [-0.2, 0) is 4.74 Å². The summed E-state index contributed by atoms with van der Waals surface area (Å²) in [6.45, 7) is 7.26. The number of hydrogen-bond donors (Lipinski definition) is 1. The van der Waals surface area contributed by atoms with E-state index in [1.54, 1.807) is 13.8 Å². The molecule has 1 atom stereocenters. The highest BCUT2D eigenvalue weighted by Gasteiger charge is 2.23. The number of carbonyl (C=O) groups excluding carboxylic acids is 1. The summed E-state index contributed by atoms with van der Waals surface area (Å²) in [5.41, 5.74) is 5.86. The zero-order valence-corrected chi connectivity index (χ0v) is 11.5. The number of carbonyl (C=O) groups is 1. The largest absolute Gasteiger partial charge is 0.459 e. The van der Waals surface area contributed by atoms with Crippen LogP contribution in [0.25, 0.3) is 0 Å². The van der Waals surface area contributed by atoms with Crippen molar-refractivity contribution in [3.8, 4) is 0 Å². The third-order valence-corrected chi connectivity index (χ3v) is 2.95. The molecule has 2 N–H and O–H groups in total. The minimum atomic E-state index is -0.634. The first-order chi connectivity index (χ1) is 8.73. The highest BCUT2D eigenvalue weighted by atomic mass is 16.6. The van der Waals surface area contributed by atoms with Crippen molar-refractivity contribution in [3.63, 3.8) is 0 Å². The van der Waals surface area contributed by atoms with Gasteiger partial charge in [-0.25, -0.2) is 4.79 Å². The highest BCUT2D eigenvalue weighted by Crippen LogP contribution is 2.28. The molecule has 6 heteroatoms. The standard InChI is InChI=1S/C13H18N2O4/c1-7(2)9(4)19-13(16)10-5-8(3)6-11(12(10)14)15(17)18/h5-7,9H,14H2,1-4H3. The van der Waals surface area contributed by atoms with Crippen molar-refractivity contribution in [1.29, 1.82) is 0 Å². The predicted molar refractivity (Wildman–Crippen MR) is 72.0 cm³/mol. The number of nitrogens with two attached hydrogens (primary N) is 1. The van der Waals surface area contributed by atoms with E-state index in [1.165, 1.54) is 12.1 Å². The Morgan fingerprint density at radius 2 is 1.95 bits per heavy atom. The SMILES string of the molecule is Cc1cc(C(=O)OC(C)C(C)C)c(N)c([N+](=O)[O-])c1. The van der Waals surface area contributed by atoms with Crippen molar-refractivity contribution < 1.29 is 14.5 Å². The second kappa shape index (κ2) is 5.69. The first-order valence-electron chi connectivity index (χ1n) is 5.99. The molecule has 0 aromatic heterocycles. The number of esters is 1. The molecule has 1 unspecified atom stereocenters. The van der Waals surface area contributed by atoms with Crippen LogP contribution >= 0.6 is 0 Å². The fourth-order valence-corrected chi connectivity index (χ4v) is 1.47. The zero-order valence-electron chi connectivity index (χ0n) is 11.5. The first-order valence-corrected chi connectivity index (χ1v) is 5.99. The molecule has 0 radical (unpaired) electrons. The van der Waals surface area contributed by atoms with E-state index in [0.29, 0.717) is 5.56 Å². The van der Waals surface area contributed by atoms with E-state index in [-0.39, 0.29) is 29.0 Å². The van der Waals surface area contributed by atoms with Gasteiger partial charge in [-0.05, 0) is 31.4 Å². The van der Waals surface area contributed by atoms with E-state index in [9.17, 15) is 14.9 Å². The third kappa shape index (κ3) is 3.43. The molecule has 0 amide bonds. The molecule has 0 bridgehead atoms. The Morgan fingerprint density at radius 3 is 2.42 bits per heavy atom. The van der Waals surface area contributed by atoms with Gasteiger partial charge in [-0.2, -0.15) is 0 Å². The van der Waals surface area contributed by atoms with Crippen molar-refractivity contribution in [2.45, 2.75) is 33.8 Å². The summed E-state index contributed by atoms with van der Waals surface area (Å²) >= 11 is 0. The number of nitro groups is 1. The lowest BCUT2D eigenvalue weighted by atomic mass is 10.1. The molecule has 1 aromatic carbocycles. The average molecular weight is 266 g/mol. The number of anilines is 1. The maximum Gasteiger partial charge on any atom is 0.340 e. The summed E-state index contributed by atoms with van der Waals surface area (Å²) < 4.78 is 5.23. The molecule has 19 heavy (non-hydrogen) atoms. The van der Waals surface area contributed by atoms with Crippen molar-refractivity contribution in [2.24, 2.45) is 5.92 Å². The van der Waals surface area contributed by atoms with Crippen LogP contribution < -0.4 is 5.73 Å². The minimum Gasteiger partial charge on any atom is -0.459 e. The van der Waals surface area contributed by atoms with E-state index in [0.717, 1.165) is 0 Å². The Morgan fingerprint density at radius 1 is 1.37 bits per heavy atom. The Kier molecular flexibility index (Phi) is 4.47. The quantitative estimate of drug-likeness (QED) is 0.391. The van der Waals surface area contributed by atoms with Crippen LogP contribution in [-0.4, -0.2) is 17.0 Å². The molecular formula is C13H18N2O4. The van der Waals surface area contributed by atoms with Crippen LogP contribution in [0, 0.1) is 23.0 Å². The van der Waals surface area contributed by atoms with Crippen molar-refractivity contribution in [1.82, 2.24) is 0 Å². The van der Waals surface area contributed by atoms with Gasteiger partial charge in [0.15, 0.2) is 0 Å². The summed E-state index contributed by atoms with van der Waals surface area (Å²) in [4.78, 5) is 22.2. The lowest BCUT2D eigenvalue weighted by molar-refractivity contribution is -0.384. The van der Waals surface area contributed by atoms with Crippen LogP contribution in [0.4, 0.5) is 11.4 Å². The van der Waals surface area contributed by atoms with Gasteiger partial charge in [0.1, 0.15) is 11.8 Å². The van der Waals surface area contributed by atoms with E-state index in [1.807, 2.05) is 13.8 Å². The van der Waals surface area contributed by atoms with E-state index in [2.05, 4.69) is 0 Å². The molecule has 0 saturated carbocycles. The molecule has 1 rings (SSSR count). The molecule has 6 nitrogen and oxygen atoms in total. The second-order valence-corrected chi connectivity index (χ2v) is 4.86. The second-order valence-electron chi connectivity index (χ2n) is 4.86. The Hall–Kier alpha value is -2.11. The molecule has 0 aliphatic carbocycles. The summed E-state index contributed by atoms with van der Waals surface area (Å²) in [5.74, 6) is -0.476. The molecule has 0 saturated heterocycles. The topological polar surface area (TPSA) is 95.5 Å². The average Bonchev–Trinajstić information content (AvgIpc) is 2.30. The van der Waals surface area contributed by atoms with Gasteiger partial charge >= 0.3 is 5.97 Å². The minimum absolute atomic E-state index is 0.0409. The van der Waals surface area contributed by atoms with Gasteiger partial charge in [0, 0.05) is 6.07 Å². The van der Waals surface area contributed by atoms with Crippen LogP contribution in [0.3, 0.4) is 0 Å². The number of aryl methyl sites for hydroxylation is 1. The summed E-state index contributed by atoms with van der Waals surface area (Å²) in [6.07, 6.45) is -0.286. The van der Waals surface area contributed by atoms with Crippen LogP contribution in [0.5, 0.6) is 0 Å². The summed E-state index contributed by atoms with van der Waals surface area (Å²) in [5, 5.41) is 10.9. The molecule has 0 heterocycles. The normalized spacial score (nSPS) is 12.3. The summed E-state index contributed by atoms with van der Waals surface area (Å²) in [6, 6.07) is 2.83. The Balaban J connectivity index is 3.13. The molecule has 0 spiro atoms. The fourth-order valence-electron chi connectivity index (χ4n) is 1.47. The Labute approximate surface area is 111 Å². The Bertz CT molecular complexity index is 512. The number of rotatable bonds is 4. The van der Waals surface area contributed by atoms with Gasteiger partial charge in [0.2, 0.25) is 0 Å². The van der Waals surface area contributed by atoms with Crippen molar-refractivity contribution in [2.75, 3.05) is 5.73 Å². The van der Waals surface area contributed by atoms with Gasteiger partial charge in [-0.1, -0.05) is 13.8 Å². The van der Waals surface area contributed by atoms with Crippen molar-refractivity contribution >= 4 is 17.3 Å². The smallest absolute Gasteiger partial charge is 0.340 e. The lowest BCUT2D eigenvalue weighted by Crippen LogP contribution is -2.21.